The molecule has 0 aliphatic carbocycles. The molecule has 0 radical (unpaired) electrons. The molecule has 1 N–H and O–H groups in total. The molecule has 0 spiro atoms. The van der Waals surface area contributed by atoms with Gasteiger partial charge in [0.05, 0.1) is 28.0 Å². The second-order valence-electron chi connectivity index (χ2n) is 21.5. The molecule has 63 heavy (non-hydrogen) atoms. The number of para-hydroxylation sites is 1. The second-order valence-corrected chi connectivity index (χ2v) is 21.5. The largest absolute Gasteiger partial charge is 0.507 e. The van der Waals surface area contributed by atoms with E-state index in [1.165, 1.54) is 22.3 Å². The van der Waals surface area contributed by atoms with Crippen LogP contribution in [0.2, 0.25) is 0 Å². The molecule has 6 aromatic carbocycles. The zero-order valence-corrected chi connectivity index (χ0v) is 39.6. The summed E-state index contributed by atoms with van der Waals surface area (Å²) in [7, 11) is 0. The van der Waals surface area contributed by atoms with Crippen LogP contribution in [0.25, 0.3) is 72.7 Å². The van der Waals surface area contributed by atoms with Crippen LogP contribution in [-0.2, 0) is 21.7 Å². The SMILES string of the molecule is Cc1cc(C(C)(C)C)cc(-c2nc3c(-c4cc(-c5cc(-c6ccc(C(C)(C)C)cc6)ccn5)cc(C(C)(C)C)c4)cccc3n2-c2ccc(C(C)(C)C)cc2-c2ccccc2)c1O. The molecule has 2 aromatic heterocycles. The first kappa shape index (κ1) is 43.4. The first-order valence-electron chi connectivity index (χ1n) is 22.4. The number of benzene rings is 6. The van der Waals surface area contributed by atoms with Gasteiger partial charge in [-0.2, -0.15) is 0 Å². The zero-order valence-electron chi connectivity index (χ0n) is 39.6. The zero-order chi connectivity index (χ0) is 45.2. The summed E-state index contributed by atoms with van der Waals surface area (Å²) in [6, 6.07) is 48.3. The van der Waals surface area contributed by atoms with Crippen LogP contribution in [0.5, 0.6) is 5.75 Å². The summed E-state index contributed by atoms with van der Waals surface area (Å²) in [5, 5.41) is 12.0. The summed E-state index contributed by atoms with van der Waals surface area (Å²) in [5.74, 6) is 0.939. The lowest BCUT2D eigenvalue weighted by Crippen LogP contribution is -2.13. The van der Waals surface area contributed by atoms with Crippen molar-refractivity contribution in [2.45, 2.75) is 112 Å². The van der Waals surface area contributed by atoms with Crippen LogP contribution in [0.15, 0.2) is 140 Å². The molecule has 0 fully saturated rings. The Morgan fingerprint density at radius 1 is 0.444 bits per heavy atom. The van der Waals surface area contributed by atoms with Crippen molar-refractivity contribution in [3.63, 3.8) is 0 Å². The summed E-state index contributed by atoms with van der Waals surface area (Å²) in [5.41, 5.74) is 17.6. The molecular weight excluding hydrogens is 767 g/mol. The number of pyridine rings is 1. The van der Waals surface area contributed by atoms with Gasteiger partial charge in [-0.1, -0.05) is 168 Å². The Labute approximate surface area is 375 Å². The molecule has 0 aliphatic rings. The Kier molecular flexibility index (Phi) is 10.9. The van der Waals surface area contributed by atoms with Crippen LogP contribution in [0.4, 0.5) is 0 Å². The predicted molar refractivity (Wildman–Crippen MR) is 267 cm³/mol. The van der Waals surface area contributed by atoms with Gasteiger partial charge in [0.1, 0.15) is 11.6 Å². The minimum atomic E-state index is -0.149. The number of hydrogen-bond acceptors (Lipinski definition) is 3. The fourth-order valence-corrected chi connectivity index (χ4v) is 8.48. The van der Waals surface area contributed by atoms with Crippen LogP contribution < -0.4 is 0 Å². The number of phenolic OH excluding ortho intramolecular Hbond substituents is 1. The summed E-state index contributed by atoms with van der Waals surface area (Å²) >= 11 is 0. The van der Waals surface area contributed by atoms with E-state index in [4.69, 9.17) is 9.97 Å². The van der Waals surface area contributed by atoms with Crippen molar-refractivity contribution in [3.8, 4) is 67.5 Å². The highest BCUT2D eigenvalue weighted by Gasteiger charge is 2.27. The molecule has 8 rings (SSSR count). The molecule has 0 unspecified atom stereocenters. The lowest BCUT2D eigenvalue weighted by molar-refractivity contribution is 0.471. The smallest absolute Gasteiger partial charge is 0.149 e. The molecule has 0 amide bonds. The van der Waals surface area contributed by atoms with Gasteiger partial charge in [-0.25, -0.2) is 4.98 Å². The van der Waals surface area contributed by atoms with Crippen LogP contribution in [-0.4, -0.2) is 19.6 Å². The lowest BCUT2D eigenvalue weighted by Gasteiger charge is -2.24. The number of aromatic hydroxyl groups is 1. The van der Waals surface area contributed by atoms with Gasteiger partial charge in [0, 0.05) is 22.9 Å². The quantitative estimate of drug-likeness (QED) is 0.182. The first-order chi connectivity index (χ1) is 29.6. The molecule has 320 valence electrons. The number of phenols is 1. The van der Waals surface area contributed by atoms with Gasteiger partial charge in [0.15, 0.2) is 0 Å². The van der Waals surface area contributed by atoms with Gasteiger partial charge in [-0.15, -0.1) is 0 Å². The van der Waals surface area contributed by atoms with E-state index >= 15 is 0 Å². The average molecular weight is 830 g/mol. The van der Waals surface area contributed by atoms with Crippen molar-refractivity contribution in [1.82, 2.24) is 14.5 Å². The van der Waals surface area contributed by atoms with Gasteiger partial charge in [0.2, 0.25) is 0 Å². The van der Waals surface area contributed by atoms with E-state index < -0.39 is 0 Å². The van der Waals surface area contributed by atoms with E-state index in [1.807, 2.05) is 13.1 Å². The van der Waals surface area contributed by atoms with Gasteiger partial charge in [-0.3, -0.25) is 9.55 Å². The lowest BCUT2D eigenvalue weighted by atomic mass is 9.83. The molecule has 8 aromatic rings. The van der Waals surface area contributed by atoms with Crippen molar-refractivity contribution in [2.75, 3.05) is 0 Å². The van der Waals surface area contributed by atoms with Gasteiger partial charge in [-0.05, 0) is 127 Å². The van der Waals surface area contributed by atoms with Gasteiger partial charge < -0.3 is 5.11 Å². The fraction of sp³-hybridized carbons (Fsp3) is 0.288. The normalized spacial score (nSPS) is 12.6. The molecule has 2 heterocycles. The summed E-state index contributed by atoms with van der Waals surface area (Å²) in [4.78, 5) is 10.6. The van der Waals surface area contributed by atoms with Crippen molar-refractivity contribution >= 4 is 11.0 Å². The average Bonchev–Trinajstić information content (AvgIpc) is 3.62. The van der Waals surface area contributed by atoms with Gasteiger partial charge >= 0.3 is 0 Å². The minimum absolute atomic E-state index is 0.0630. The third kappa shape index (κ3) is 8.61. The Bertz CT molecular complexity index is 2980. The van der Waals surface area contributed by atoms with E-state index in [0.29, 0.717) is 11.4 Å². The molecular formula is C59H63N3O. The van der Waals surface area contributed by atoms with E-state index in [2.05, 4.69) is 221 Å². The van der Waals surface area contributed by atoms with Crippen molar-refractivity contribution in [2.24, 2.45) is 0 Å². The standard InChI is InChI=1S/C59H63N3O/c1-37-30-45(58(8,9)10)36-49(54(37)63)55-61-53-47(20-17-21-52(53)62(55)51-27-26-44(57(5,6)7)35-48(51)39-18-15-14-16-19-39)41-31-42(33-46(32-41)59(11,12)13)50-34-40(28-29-60-50)38-22-24-43(25-23-38)56(2,3)4/h14-36,63H,1-13H3. The number of aromatic nitrogens is 3. The molecule has 0 bridgehead atoms. The number of nitrogens with zero attached hydrogens (tertiary/aromatic N) is 3. The highest BCUT2D eigenvalue weighted by molar-refractivity contribution is 5.98. The Hall–Kier alpha value is -6.26. The maximum Gasteiger partial charge on any atom is 0.149 e. The van der Waals surface area contributed by atoms with Crippen molar-refractivity contribution in [3.05, 3.63) is 167 Å². The van der Waals surface area contributed by atoms with Crippen molar-refractivity contribution in [1.29, 1.82) is 0 Å². The maximum absolute atomic E-state index is 12.0. The number of hydrogen-bond donors (Lipinski definition) is 1. The summed E-state index contributed by atoms with van der Waals surface area (Å²) in [6.07, 6.45) is 1.93. The number of imidazole rings is 1. The van der Waals surface area contributed by atoms with Crippen molar-refractivity contribution < 1.29 is 5.11 Å². The van der Waals surface area contributed by atoms with E-state index in [1.54, 1.807) is 0 Å². The minimum Gasteiger partial charge on any atom is -0.507 e. The second kappa shape index (κ2) is 15.8. The summed E-state index contributed by atoms with van der Waals surface area (Å²) in [6.45, 7) is 29.0. The van der Waals surface area contributed by atoms with Crippen LogP contribution in [0.3, 0.4) is 0 Å². The topological polar surface area (TPSA) is 50.9 Å². The molecule has 0 saturated heterocycles. The first-order valence-corrected chi connectivity index (χ1v) is 22.4. The number of rotatable bonds is 6. The van der Waals surface area contributed by atoms with E-state index in [9.17, 15) is 5.11 Å². The highest BCUT2D eigenvalue weighted by Crippen LogP contribution is 2.44. The number of aryl methyl sites for hydroxylation is 1. The van der Waals surface area contributed by atoms with Crippen LogP contribution in [0.1, 0.15) is 111 Å². The fourth-order valence-electron chi connectivity index (χ4n) is 8.48. The van der Waals surface area contributed by atoms with Crippen LogP contribution >= 0.6 is 0 Å². The molecule has 4 heteroatoms. The van der Waals surface area contributed by atoms with Crippen LogP contribution in [0, 0.1) is 6.92 Å². The van der Waals surface area contributed by atoms with E-state index in [-0.39, 0.29) is 27.4 Å². The molecule has 0 atom stereocenters. The Morgan fingerprint density at radius 3 is 1.70 bits per heavy atom. The maximum atomic E-state index is 12.0. The molecule has 4 nitrogen and oxygen atoms in total. The predicted octanol–water partition coefficient (Wildman–Crippen LogP) is 16.0. The Morgan fingerprint density at radius 2 is 1.05 bits per heavy atom. The van der Waals surface area contributed by atoms with Gasteiger partial charge in [0.25, 0.3) is 0 Å². The monoisotopic (exact) mass is 829 g/mol. The third-order valence-corrected chi connectivity index (χ3v) is 12.5. The molecule has 0 aliphatic heterocycles. The Balaban J connectivity index is 1.40. The highest BCUT2D eigenvalue weighted by atomic mass is 16.3. The number of fused-ring (bicyclic) bond motifs is 1. The van der Waals surface area contributed by atoms with E-state index in [0.717, 1.165) is 66.9 Å². The molecule has 0 saturated carbocycles. The summed E-state index contributed by atoms with van der Waals surface area (Å²) < 4.78 is 2.28. The third-order valence-electron chi connectivity index (χ3n) is 12.5.